The maximum atomic E-state index is 15.2. The van der Waals surface area contributed by atoms with Crippen molar-refractivity contribution in [1.29, 1.82) is 0 Å². The van der Waals surface area contributed by atoms with Crippen LogP contribution in [0.2, 0.25) is 0 Å². The molecular formula is C62H68O10. The van der Waals surface area contributed by atoms with Crippen molar-refractivity contribution in [1.82, 2.24) is 0 Å². The molecule has 0 spiro atoms. The van der Waals surface area contributed by atoms with Crippen LogP contribution < -0.4 is 10.4 Å². The smallest absolute Gasteiger partial charge is 0.340 e. The minimum Gasteiger partial charge on any atom is -0.483 e. The van der Waals surface area contributed by atoms with Crippen molar-refractivity contribution in [3.8, 4) is 5.75 Å². The lowest BCUT2D eigenvalue weighted by atomic mass is 9.68. The molecule has 4 aliphatic rings. The van der Waals surface area contributed by atoms with Crippen LogP contribution in [0.15, 0.2) is 142 Å². The molecule has 72 heavy (non-hydrogen) atoms. The molecule has 10 heteroatoms. The Morgan fingerprint density at radius 1 is 0.806 bits per heavy atom. The lowest BCUT2D eigenvalue weighted by Crippen LogP contribution is -2.54. The van der Waals surface area contributed by atoms with E-state index in [1.54, 1.807) is 12.1 Å². The Balaban J connectivity index is 1.16. The first-order valence-electron chi connectivity index (χ1n) is 25.8. The maximum absolute atomic E-state index is 15.2. The summed E-state index contributed by atoms with van der Waals surface area (Å²) in [5.41, 5.74) is 7.39. The molecule has 0 unspecified atom stereocenters. The summed E-state index contributed by atoms with van der Waals surface area (Å²) in [4.78, 5) is 44.4. The van der Waals surface area contributed by atoms with Crippen LogP contribution in [0.3, 0.4) is 0 Å². The first-order valence-corrected chi connectivity index (χ1v) is 25.8. The fourth-order valence-electron chi connectivity index (χ4n) is 11.9. The van der Waals surface area contributed by atoms with E-state index in [1.165, 1.54) is 29.4 Å². The molecule has 1 aliphatic carbocycles. The Labute approximate surface area is 423 Å². The largest absolute Gasteiger partial charge is 0.483 e. The third-order valence-electron chi connectivity index (χ3n) is 15.6. The van der Waals surface area contributed by atoms with Gasteiger partial charge < -0.3 is 33.6 Å². The number of carbonyl (C=O) groups is 2. The number of carbonyl (C=O) groups excluding carboxylic acids is 2. The van der Waals surface area contributed by atoms with Crippen molar-refractivity contribution in [3.05, 3.63) is 193 Å². The SMILES string of the molecule is COC[C@@H](CCO)c1c(CO)c2ccc3c(c2oc1=O)[C@H]1OC(=O)C[C@@H]2C[C@H](c4cccc(Cc5ccccc5)c4)CC[C@H]2c2ccc(cc2)CCC(=C(C)C)C(=O)O[C@@H]1[C@](C)(CCCc1ccccc1)O3. The zero-order chi connectivity index (χ0) is 50.4. The molecule has 10 rings (SSSR count). The van der Waals surface area contributed by atoms with E-state index in [2.05, 4.69) is 84.9 Å². The number of methoxy groups -OCH3 is 1. The van der Waals surface area contributed by atoms with Gasteiger partial charge in [-0.25, -0.2) is 9.59 Å². The molecule has 0 saturated heterocycles. The van der Waals surface area contributed by atoms with Gasteiger partial charge in [-0.3, -0.25) is 4.79 Å². The predicted octanol–water partition coefficient (Wildman–Crippen LogP) is 11.7. The fraction of sp³-hybridized carbons (Fsp3) is 0.403. The predicted molar refractivity (Wildman–Crippen MR) is 278 cm³/mol. The summed E-state index contributed by atoms with van der Waals surface area (Å²) in [7, 11) is 1.51. The second-order valence-corrected chi connectivity index (χ2v) is 20.7. The van der Waals surface area contributed by atoms with Gasteiger partial charge in [0.2, 0.25) is 0 Å². The molecule has 3 aliphatic heterocycles. The molecule has 10 nitrogen and oxygen atoms in total. The molecule has 2 bridgehead atoms. The van der Waals surface area contributed by atoms with Crippen molar-refractivity contribution in [2.45, 2.75) is 134 Å². The van der Waals surface area contributed by atoms with Gasteiger partial charge >= 0.3 is 17.6 Å². The summed E-state index contributed by atoms with van der Waals surface area (Å²) < 4.78 is 32.5. The van der Waals surface area contributed by atoms with Gasteiger partial charge in [-0.1, -0.05) is 115 Å². The number of aliphatic hydroxyl groups is 2. The molecule has 376 valence electrons. The Bertz CT molecular complexity index is 2930. The van der Waals surface area contributed by atoms with Crippen LogP contribution >= 0.6 is 0 Å². The highest BCUT2D eigenvalue weighted by atomic mass is 16.6. The number of benzene rings is 5. The van der Waals surface area contributed by atoms with Gasteiger partial charge in [-0.2, -0.15) is 0 Å². The van der Waals surface area contributed by atoms with Crippen LogP contribution in [0.25, 0.3) is 11.0 Å². The molecule has 2 N–H and O–H groups in total. The second-order valence-electron chi connectivity index (χ2n) is 20.7. The number of fused-ring (bicyclic) bond motifs is 11. The van der Waals surface area contributed by atoms with Gasteiger partial charge in [-0.05, 0) is 154 Å². The van der Waals surface area contributed by atoms with Crippen LogP contribution in [0, 0.1) is 5.92 Å². The highest BCUT2D eigenvalue weighted by molar-refractivity contribution is 5.90. The standard InChI is InChI=1S/C62H68O10/c1-39(2)49-26-22-41-20-23-44(24-21-41)50-27-25-46(45-19-11-17-43(34-45)33-42-15-9-6-10-16-42)35-48(50)36-54(65)69-58-56-53(72-62(3,59(58)71-60(49)66)31-12-18-40-13-7-5-8-14-40)29-28-51-52(37-64)55(61(67)70-57(51)56)47(30-32-63)38-68-4/h5-11,13-17,19-21,23-24,28-29,34,46-48,50,58-59,63-64H,12,18,22,25-27,30-33,35-38H2,1-4H3/t46-,47-,48+,50+,58-,59+,62+/m1/s1. The van der Waals surface area contributed by atoms with Crippen molar-refractivity contribution < 1.29 is 43.2 Å². The summed E-state index contributed by atoms with van der Waals surface area (Å²) in [6.07, 6.45) is 4.09. The fourth-order valence-corrected chi connectivity index (χ4v) is 11.9. The van der Waals surface area contributed by atoms with Crippen LogP contribution in [0.1, 0.15) is 146 Å². The number of hydrogen-bond donors (Lipinski definition) is 2. The lowest BCUT2D eigenvalue weighted by molar-refractivity contribution is -0.192. The molecule has 0 radical (unpaired) electrons. The third kappa shape index (κ3) is 11.0. The number of aryl methyl sites for hydroxylation is 2. The van der Waals surface area contributed by atoms with Gasteiger partial charge in [0.15, 0.2) is 12.2 Å². The Morgan fingerprint density at radius 2 is 1.54 bits per heavy atom. The van der Waals surface area contributed by atoms with Crippen molar-refractivity contribution in [2.75, 3.05) is 20.3 Å². The monoisotopic (exact) mass is 972 g/mol. The maximum Gasteiger partial charge on any atom is 0.340 e. The molecule has 1 aromatic heterocycles. The van der Waals surface area contributed by atoms with E-state index in [9.17, 15) is 19.8 Å². The van der Waals surface area contributed by atoms with E-state index in [-0.39, 0.29) is 60.5 Å². The average Bonchev–Trinajstić information content (AvgIpc) is 3.37. The Kier molecular flexibility index (Phi) is 15.9. The Morgan fingerprint density at radius 3 is 2.25 bits per heavy atom. The third-order valence-corrected chi connectivity index (χ3v) is 15.6. The van der Waals surface area contributed by atoms with Crippen molar-refractivity contribution in [3.63, 3.8) is 0 Å². The molecule has 4 heterocycles. The number of hydrogen-bond acceptors (Lipinski definition) is 10. The van der Waals surface area contributed by atoms with Crippen LogP contribution in [0.5, 0.6) is 5.75 Å². The van der Waals surface area contributed by atoms with Crippen LogP contribution in [0.4, 0.5) is 0 Å². The number of rotatable bonds is 13. The summed E-state index contributed by atoms with van der Waals surface area (Å²) in [6.45, 7) is 5.08. The van der Waals surface area contributed by atoms with E-state index in [0.717, 1.165) is 48.8 Å². The summed E-state index contributed by atoms with van der Waals surface area (Å²) in [5, 5.41) is 21.5. The highest BCUT2D eigenvalue weighted by Gasteiger charge is 2.53. The minimum atomic E-state index is -1.28. The van der Waals surface area contributed by atoms with E-state index >= 15 is 4.79 Å². The van der Waals surface area contributed by atoms with Gasteiger partial charge in [0, 0.05) is 42.6 Å². The highest BCUT2D eigenvalue weighted by Crippen LogP contribution is 2.51. The number of allylic oxidation sites excluding steroid dienone is 1. The van der Waals surface area contributed by atoms with Gasteiger partial charge in [0.1, 0.15) is 16.9 Å². The van der Waals surface area contributed by atoms with Crippen LogP contribution in [-0.4, -0.2) is 54.2 Å². The number of esters is 2. The first kappa shape index (κ1) is 50.6. The molecule has 0 amide bonds. The molecular weight excluding hydrogens is 905 g/mol. The first-order chi connectivity index (χ1) is 35.0. The van der Waals surface area contributed by atoms with E-state index in [4.69, 9.17) is 23.4 Å². The van der Waals surface area contributed by atoms with Gasteiger partial charge in [-0.15, -0.1) is 0 Å². The van der Waals surface area contributed by atoms with Gasteiger partial charge in [0.05, 0.1) is 18.8 Å². The zero-order valence-corrected chi connectivity index (χ0v) is 42.1. The second kappa shape index (κ2) is 22.6. The molecule has 1 fully saturated rings. The summed E-state index contributed by atoms with van der Waals surface area (Å²) in [5.74, 6) is -1.07. The van der Waals surface area contributed by atoms with Crippen molar-refractivity contribution in [2.24, 2.45) is 5.92 Å². The van der Waals surface area contributed by atoms with E-state index in [1.807, 2.05) is 45.0 Å². The lowest BCUT2D eigenvalue weighted by Gasteiger charge is -2.45. The molecule has 1 saturated carbocycles. The quantitative estimate of drug-likeness (QED) is 0.0652. The zero-order valence-electron chi connectivity index (χ0n) is 42.1. The molecule has 5 aromatic carbocycles. The summed E-state index contributed by atoms with van der Waals surface area (Å²) in [6, 6.07) is 41.7. The topological polar surface area (TPSA) is 142 Å². The number of aliphatic hydroxyl groups excluding tert-OH is 2. The van der Waals surface area contributed by atoms with Crippen molar-refractivity contribution >= 4 is 22.9 Å². The average molecular weight is 973 g/mol. The van der Waals surface area contributed by atoms with Gasteiger partial charge in [0.25, 0.3) is 0 Å². The van der Waals surface area contributed by atoms with Crippen LogP contribution in [-0.2, 0) is 49.7 Å². The minimum absolute atomic E-state index is 0.0676. The normalized spacial score (nSPS) is 22.8. The molecule has 6 aromatic rings. The molecule has 7 atom stereocenters. The number of ether oxygens (including phenoxy) is 4. The van der Waals surface area contributed by atoms with E-state index < -0.39 is 47.9 Å². The summed E-state index contributed by atoms with van der Waals surface area (Å²) >= 11 is 0. The van der Waals surface area contributed by atoms with E-state index in [0.29, 0.717) is 48.0 Å². The Hall–Kier alpha value is -6.33.